The molecule has 4 heteroatoms. The van der Waals surface area contributed by atoms with E-state index >= 15 is 0 Å². The van der Waals surface area contributed by atoms with Gasteiger partial charge in [-0.1, -0.05) is 59.6 Å². The number of nitrogens with one attached hydrogen (secondary N) is 1. The molecular formula is C21H19Cl2NO. The summed E-state index contributed by atoms with van der Waals surface area (Å²) in [5, 5.41) is 4.91. The molecule has 2 nitrogen and oxygen atoms in total. The van der Waals surface area contributed by atoms with Crippen molar-refractivity contribution < 1.29 is 4.74 Å². The molecule has 0 heterocycles. The van der Waals surface area contributed by atoms with Crippen LogP contribution in [0.15, 0.2) is 66.7 Å². The van der Waals surface area contributed by atoms with Gasteiger partial charge in [0.05, 0.1) is 0 Å². The molecule has 0 saturated heterocycles. The minimum absolute atomic E-state index is 0.480. The number of hydrogen-bond donors (Lipinski definition) is 1. The highest BCUT2D eigenvalue weighted by atomic mass is 35.5. The van der Waals surface area contributed by atoms with Crippen molar-refractivity contribution in [3.05, 3.63) is 93.5 Å². The highest BCUT2D eigenvalue weighted by Gasteiger charge is 2.06. The molecule has 0 aliphatic carbocycles. The molecule has 128 valence electrons. The van der Waals surface area contributed by atoms with E-state index in [2.05, 4.69) is 11.4 Å². The van der Waals surface area contributed by atoms with E-state index in [1.807, 2.05) is 67.6 Å². The standard InChI is InChI=1S/C21H19Cl2NO/c1-15-19(23)9-5-10-20(15)24-13-17-7-2-3-11-21(17)25-14-16-6-4-8-18(22)12-16/h2-12,24H,13-14H2,1H3. The highest BCUT2D eigenvalue weighted by molar-refractivity contribution is 6.31. The van der Waals surface area contributed by atoms with Gasteiger partial charge in [-0.2, -0.15) is 0 Å². The first-order valence-electron chi connectivity index (χ1n) is 8.07. The van der Waals surface area contributed by atoms with Crippen LogP contribution in [-0.4, -0.2) is 0 Å². The molecule has 0 amide bonds. The Bertz CT molecular complexity index is 864. The molecule has 0 aromatic heterocycles. The summed E-state index contributed by atoms with van der Waals surface area (Å²) >= 11 is 12.2. The van der Waals surface area contributed by atoms with Gasteiger partial charge in [-0.15, -0.1) is 0 Å². The zero-order valence-electron chi connectivity index (χ0n) is 13.9. The van der Waals surface area contributed by atoms with Crippen molar-refractivity contribution in [2.45, 2.75) is 20.1 Å². The van der Waals surface area contributed by atoms with Gasteiger partial charge in [-0.3, -0.25) is 0 Å². The van der Waals surface area contributed by atoms with E-state index < -0.39 is 0 Å². The second-order valence-corrected chi connectivity index (χ2v) is 6.64. The fraction of sp³-hybridized carbons (Fsp3) is 0.143. The van der Waals surface area contributed by atoms with Gasteiger partial charge in [-0.05, 0) is 48.4 Å². The highest BCUT2D eigenvalue weighted by Crippen LogP contribution is 2.25. The summed E-state index contributed by atoms with van der Waals surface area (Å²) in [6.45, 7) is 3.15. The Morgan fingerprint density at radius 2 is 1.72 bits per heavy atom. The van der Waals surface area contributed by atoms with Crippen LogP contribution in [0.4, 0.5) is 5.69 Å². The second-order valence-electron chi connectivity index (χ2n) is 5.79. The number of hydrogen-bond acceptors (Lipinski definition) is 2. The first-order valence-corrected chi connectivity index (χ1v) is 8.83. The minimum atomic E-state index is 0.480. The Hall–Kier alpha value is -2.16. The fourth-order valence-corrected chi connectivity index (χ4v) is 2.96. The molecular weight excluding hydrogens is 353 g/mol. The van der Waals surface area contributed by atoms with Crippen LogP contribution >= 0.6 is 23.2 Å². The minimum Gasteiger partial charge on any atom is -0.489 e. The summed E-state index contributed by atoms with van der Waals surface area (Å²) in [6, 6.07) is 21.6. The molecule has 0 spiro atoms. The number of halogens is 2. The Morgan fingerprint density at radius 3 is 2.56 bits per heavy atom. The zero-order chi connectivity index (χ0) is 17.6. The molecule has 1 N–H and O–H groups in total. The number of rotatable bonds is 6. The van der Waals surface area contributed by atoms with Crippen molar-refractivity contribution in [3.63, 3.8) is 0 Å². The quantitative estimate of drug-likeness (QED) is 0.534. The maximum absolute atomic E-state index is 6.18. The van der Waals surface area contributed by atoms with E-state index in [9.17, 15) is 0 Å². The molecule has 0 radical (unpaired) electrons. The average Bonchev–Trinajstić information content (AvgIpc) is 2.62. The predicted octanol–water partition coefficient (Wildman–Crippen LogP) is 6.49. The Morgan fingerprint density at radius 1 is 0.920 bits per heavy atom. The predicted molar refractivity (Wildman–Crippen MR) is 106 cm³/mol. The van der Waals surface area contributed by atoms with Gasteiger partial charge in [0.25, 0.3) is 0 Å². The summed E-state index contributed by atoms with van der Waals surface area (Å²) in [5.41, 5.74) is 4.20. The molecule has 0 saturated carbocycles. The first-order chi connectivity index (χ1) is 12.1. The third-order valence-electron chi connectivity index (χ3n) is 3.99. The van der Waals surface area contributed by atoms with Crippen LogP contribution in [0.1, 0.15) is 16.7 Å². The van der Waals surface area contributed by atoms with Crippen molar-refractivity contribution in [2.24, 2.45) is 0 Å². The van der Waals surface area contributed by atoms with Gasteiger partial charge in [0.2, 0.25) is 0 Å². The van der Waals surface area contributed by atoms with Crippen LogP contribution in [0.5, 0.6) is 5.75 Å². The van der Waals surface area contributed by atoms with E-state index in [0.717, 1.165) is 33.1 Å². The molecule has 0 bridgehead atoms. The first kappa shape index (κ1) is 17.7. The second kappa shape index (κ2) is 8.28. The molecule has 0 aliphatic rings. The lowest BCUT2D eigenvalue weighted by Gasteiger charge is -2.14. The van der Waals surface area contributed by atoms with Crippen LogP contribution in [-0.2, 0) is 13.2 Å². The topological polar surface area (TPSA) is 21.3 Å². The number of anilines is 1. The normalized spacial score (nSPS) is 10.5. The van der Waals surface area contributed by atoms with Gasteiger partial charge in [0.15, 0.2) is 0 Å². The lowest BCUT2D eigenvalue weighted by atomic mass is 10.1. The summed E-state index contributed by atoms with van der Waals surface area (Å²) in [4.78, 5) is 0. The van der Waals surface area contributed by atoms with E-state index in [0.29, 0.717) is 18.2 Å². The number of ether oxygens (including phenoxy) is 1. The summed E-state index contributed by atoms with van der Waals surface area (Å²) in [5.74, 6) is 0.856. The molecule has 0 aliphatic heterocycles. The lowest BCUT2D eigenvalue weighted by molar-refractivity contribution is 0.303. The van der Waals surface area contributed by atoms with Crippen molar-refractivity contribution in [1.82, 2.24) is 0 Å². The smallest absolute Gasteiger partial charge is 0.124 e. The lowest BCUT2D eigenvalue weighted by Crippen LogP contribution is -2.04. The maximum atomic E-state index is 6.18. The molecule has 3 rings (SSSR count). The van der Waals surface area contributed by atoms with E-state index in [1.165, 1.54) is 0 Å². The average molecular weight is 372 g/mol. The van der Waals surface area contributed by atoms with Crippen molar-refractivity contribution in [1.29, 1.82) is 0 Å². The SMILES string of the molecule is Cc1c(Cl)cccc1NCc1ccccc1OCc1cccc(Cl)c1. The van der Waals surface area contributed by atoms with Gasteiger partial charge >= 0.3 is 0 Å². The summed E-state index contributed by atoms with van der Waals surface area (Å²) in [6.07, 6.45) is 0. The number of benzene rings is 3. The zero-order valence-corrected chi connectivity index (χ0v) is 15.4. The number of para-hydroxylation sites is 1. The molecule has 25 heavy (non-hydrogen) atoms. The molecule has 0 unspecified atom stereocenters. The van der Waals surface area contributed by atoms with Crippen LogP contribution in [0.25, 0.3) is 0 Å². The van der Waals surface area contributed by atoms with Crippen molar-refractivity contribution in [2.75, 3.05) is 5.32 Å². The molecule has 0 atom stereocenters. The van der Waals surface area contributed by atoms with Crippen LogP contribution in [0, 0.1) is 6.92 Å². The maximum Gasteiger partial charge on any atom is 0.124 e. The van der Waals surface area contributed by atoms with Crippen LogP contribution < -0.4 is 10.1 Å². The third-order valence-corrected chi connectivity index (χ3v) is 4.64. The molecule has 3 aromatic rings. The largest absolute Gasteiger partial charge is 0.489 e. The summed E-state index contributed by atoms with van der Waals surface area (Å²) in [7, 11) is 0. The Balaban J connectivity index is 1.69. The summed E-state index contributed by atoms with van der Waals surface area (Å²) < 4.78 is 6.00. The van der Waals surface area contributed by atoms with E-state index in [-0.39, 0.29) is 0 Å². The van der Waals surface area contributed by atoms with Gasteiger partial charge < -0.3 is 10.1 Å². The van der Waals surface area contributed by atoms with Gasteiger partial charge in [0.1, 0.15) is 12.4 Å². The van der Waals surface area contributed by atoms with Crippen LogP contribution in [0.2, 0.25) is 10.0 Å². The monoisotopic (exact) mass is 371 g/mol. The van der Waals surface area contributed by atoms with Crippen molar-refractivity contribution >= 4 is 28.9 Å². The Kier molecular flexibility index (Phi) is 5.85. The molecule has 3 aromatic carbocycles. The van der Waals surface area contributed by atoms with Crippen molar-refractivity contribution in [3.8, 4) is 5.75 Å². The van der Waals surface area contributed by atoms with E-state index in [4.69, 9.17) is 27.9 Å². The Labute approximate surface area is 158 Å². The fourth-order valence-electron chi connectivity index (χ4n) is 2.57. The van der Waals surface area contributed by atoms with Gasteiger partial charge in [0, 0.05) is 27.8 Å². The van der Waals surface area contributed by atoms with E-state index in [1.54, 1.807) is 0 Å². The van der Waals surface area contributed by atoms with Gasteiger partial charge in [-0.25, -0.2) is 0 Å². The van der Waals surface area contributed by atoms with Crippen LogP contribution in [0.3, 0.4) is 0 Å². The third kappa shape index (κ3) is 4.68. The molecule has 0 fully saturated rings.